The maximum atomic E-state index is 5.86. The third-order valence-corrected chi connectivity index (χ3v) is 3.06. The van der Waals surface area contributed by atoms with Gasteiger partial charge < -0.3 is 10.5 Å². The van der Waals surface area contributed by atoms with Gasteiger partial charge in [-0.2, -0.15) is 0 Å². The van der Waals surface area contributed by atoms with Crippen LogP contribution in [0, 0.1) is 5.92 Å². The second-order valence-corrected chi connectivity index (χ2v) is 4.14. The van der Waals surface area contributed by atoms with Gasteiger partial charge in [0.15, 0.2) is 0 Å². The van der Waals surface area contributed by atoms with E-state index in [1.807, 2.05) is 12.1 Å². The van der Waals surface area contributed by atoms with Crippen LogP contribution in [0.3, 0.4) is 0 Å². The Morgan fingerprint density at radius 2 is 2.00 bits per heavy atom. The van der Waals surface area contributed by atoms with Gasteiger partial charge in [0.1, 0.15) is 5.75 Å². The van der Waals surface area contributed by atoms with Crippen molar-refractivity contribution >= 4 is 0 Å². The third-order valence-electron chi connectivity index (χ3n) is 3.06. The van der Waals surface area contributed by atoms with E-state index in [2.05, 4.69) is 19.1 Å². The lowest BCUT2D eigenvalue weighted by molar-refractivity contribution is 0.414. The quantitative estimate of drug-likeness (QED) is 0.794. The summed E-state index contributed by atoms with van der Waals surface area (Å²) in [7, 11) is 1.69. The van der Waals surface area contributed by atoms with Crippen molar-refractivity contribution in [3.05, 3.63) is 29.8 Å². The summed E-state index contributed by atoms with van der Waals surface area (Å²) in [6, 6.07) is 8.65. The average Bonchev–Trinajstić information content (AvgIpc) is 2.97. The van der Waals surface area contributed by atoms with Crippen LogP contribution < -0.4 is 10.5 Å². The molecule has 0 saturated heterocycles. The van der Waals surface area contributed by atoms with Crippen LogP contribution in [-0.4, -0.2) is 13.2 Å². The molecule has 1 aromatic rings. The lowest BCUT2D eigenvalue weighted by Crippen LogP contribution is -2.17. The van der Waals surface area contributed by atoms with Gasteiger partial charge in [0.2, 0.25) is 0 Å². The van der Waals surface area contributed by atoms with E-state index in [1.165, 1.54) is 12.0 Å². The molecule has 1 aliphatic carbocycles. The highest BCUT2D eigenvalue weighted by Gasteiger charge is 2.40. The summed E-state index contributed by atoms with van der Waals surface area (Å²) in [5.41, 5.74) is 7.25. The van der Waals surface area contributed by atoms with Gasteiger partial charge in [0, 0.05) is 6.04 Å². The number of hydrogen-bond acceptors (Lipinski definition) is 2. The molecule has 0 aromatic heterocycles. The lowest BCUT2D eigenvalue weighted by atomic mass is 10.1. The highest BCUT2D eigenvalue weighted by molar-refractivity contribution is 5.32. The van der Waals surface area contributed by atoms with E-state index in [-0.39, 0.29) is 0 Å². The molecule has 1 saturated carbocycles. The summed E-state index contributed by atoms with van der Waals surface area (Å²) in [4.78, 5) is 0. The fourth-order valence-electron chi connectivity index (χ4n) is 2.03. The number of methoxy groups -OCH3 is 1. The molecule has 0 spiro atoms. The summed E-state index contributed by atoms with van der Waals surface area (Å²) in [5.74, 6) is 2.29. The van der Waals surface area contributed by atoms with Gasteiger partial charge in [0.25, 0.3) is 0 Å². The minimum Gasteiger partial charge on any atom is -0.497 e. The summed E-state index contributed by atoms with van der Waals surface area (Å²) < 4.78 is 5.12. The van der Waals surface area contributed by atoms with Gasteiger partial charge >= 0.3 is 0 Å². The van der Waals surface area contributed by atoms with Gasteiger partial charge in [-0.05, 0) is 42.9 Å². The number of nitrogens with two attached hydrogens (primary N) is 1. The van der Waals surface area contributed by atoms with Crippen molar-refractivity contribution in [3.63, 3.8) is 0 Å². The monoisotopic (exact) mass is 191 g/mol. The molecule has 0 radical (unpaired) electrons. The number of rotatable bonds is 3. The summed E-state index contributed by atoms with van der Waals surface area (Å²) in [6.07, 6.45) is 1.24. The molecule has 2 rings (SSSR count). The largest absolute Gasteiger partial charge is 0.497 e. The summed E-state index contributed by atoms with van der Waals surface area (Å²) in [6.45, 7) is 2.09. The summed E-state index contributed by atoms with van der Waals surface area (Å²) in [5, 5.41) is 0. The van der Waals surface area contributed by atoms with Crippen LogP contribution in [0.2, 0.25) is 0 Å². The Hall–Kier alpha value is -1.02. The predicted molar refractivity (Wildman–Crippen MR) is 57.5 cm³/mol. The molecule has 3 atom stereocenters. The van der Waals surface area contributed by atoms with Crippen LogP contribution in [0.5, 0.6) is 5.75 Å². The molecule has 2 N–H and O–H groups in total. The molecule has 2 nitrogen and oxygen atoms in total. The molecular weight excluding hydrogens is 174 g/mol. The van der Waals surface area contributed by atoms with Gasteiger partial charge in [-0.25, -0.2) is 0 Å². The predicted octanol–water partition coefficient (Wildman–Crippen LogP) is 2.15. The van der Waals surface area contributed by atoms with Gasteiger partial charge in [0.05, 0.1) is 7.11 Å². The van der Waals surface area contributed by atoms with E-state index in [0.29, 0.717) is 17.9 Å². The number of benzene rings is 1. The molecule has 14 heavy (non-hydrogen) atoms. The Kier molecular flexibility index (Phi) is 2.46. The maximum absolute atomic E-state index is 5.86. The van der Waals surface area contributed by atoms with Crippen molar-refractivity contribution in [2.45, 2.75) is 25.3 Å². The second-order valence-electron chi connectivity index (χ2n) is 4.14. The van der Waals surface area contributed by atoms with Crippen LogP contribution in [0.1, 0.15) is 24.8 Å². The molecule has 0 heterocycles. The van der Waals surface area contributed by atoms with Crippen LogP contribution in [0.15, 0.2) is 24.3 Å². The normalized spacial score (nSPS) is 27.1. The van der Waals surface area contributed by atoms with Crippen molar-refractivity contribution in [1.29, 1.82) is 0 Å². The molecule has 0 bridgehead atoms. The van der Waals surface area contributed by atoms with Gasteiger partial charge in [-0.15, -0.1) is 0 Å². The van der Waals surface area contributed by atoms with Gasteiger partial charge in [-0.1, -0.05) is 12.1 Å². The highest BCUT2D eigenvalue weighted by Crippen LogP contribution is 2.49. The zero-order valence-electron chi connectivity index (χ0n) is 8.73. The second kappa shape index (κ2) is 3.62. The topological polar surface area (TPSA) is 35.2 Å². The van der Waals surface area contributed by atoms with Crippen molar-refractivity contribution in [3.8, 4) is 5.75 Å². The van der Waals surface area contributed by atoms with Crippen LogP contribution in [-0.2, 0) is 0 Å². The van der Waals surface area contributed by atoms with E-state index >= 15 is 0 Å². The van der Waals surface area contributed by atoms with E-state index in [9.17, 15) is 0 Å². The molecule has 1 fully saturated rings. The molecule has 0 unspecified atom stereocenters. The Morgan fingerprint density at radius 1 is 1.36 bits per heavy atom. The smallest absolute Gasteiger partial charge is 0.118 e. The summed E-state index contributed by atoms with van der Waals surface area (Å²) >= 11 is 0. The van der Waals surface area contributed by atoms with Crippen LogP contribution in [0.4, 0.5) is 0 Å². The molecular formula is C12H17NO. The first-order valence-electron chi connectivity index (χ1n) is 5.12. The van der Waals surface area contributed by atoms with E-state index in [1.54, 1.807) is 7.11 Å². The Bertz CT molecular complexity index is 305. The van der Waals surface area contributed by atoms with Gasteiger partial charge in [-0.3, -0.25) is 0 Å². The Morgan fingerprint density at radius 3 is 2.43 bits per heavy atom. The lowest BCUT2D eigenvalue weighted by Gasteiger charge is -2.05. The average molecular weight is 191 g/mol. The zero-order chi connectivity index (χ0) is 10.1. The molecule has 76 valence electrons. The van der Waals surface area contributed by atoms with E-state index in [4.69, 9.17) is 10.5 Å². The van der Waals surface area contributed by atoms with Crippen molar-refractivity contribution in [2.24, 2.45) is 11.7 Å². The van der Waals surface area contributed by atoms with Crippen LogP contribution in [0.25, 0.3) is 0 Å². The first-order chi connectivity index (χ1) is 6.72. The standard InChI is InChI=1S/C12H17NO/c1-8(13)11-7-12(11)9-3-5-10(14-2)6-4-9/h3-6,8,11-12H,7,13H2,1-2H3/t8-,11+,12-/m1/s1. The van der Waals surface area contributed by atoms with Crippen molar-refractivity contribution < 1.29 is 4.74 Å². The zero-order valence-corrected chi connectivity index (χ0v) is 8.73. The van der Waals surface area contributed by atoms with Crippen molar-refractivity contribution in [1.82, 2.24) is 0 Å². The highest BCUT2D eigenvalue weighted by atomic mass is 16.5. The molecule has 1 aliphatic rings. The number of ether oxygens (including phenoxy) is 1. The molecule has 2 heteroatoms. The Balaban J connectivity index is 2.05. The molecule has 0 aliphatic heterocycles. The SMILES string of the molecule is COc1ccc([C@H]2C[C@H]2[C@@H](C)N)cc1. The first-order valence-corrected chi connectivity index (χ1v) is 5.12. The van der Waals surface area contributed by atoms with E-state index < -0.39 is 0 Å². The van der Waals surface area contributed by atoms with E-state index in [0.717, 1.165) is 5.75 Å². The minimum absolute atomic E-state index is 0.321. The number of hydrogen-bond donors (Lipinski definition) is 1. The van der Waals surface area contributed by atoms with Crippen molar-refractivity contribution in [2.75, 3.05) is 7.11 Å². The first kappa shape index (κ1) is 9.53. The molecule has 0 amide bonds. The van der Waals surface area contributed by atoms with Crippen LogP contribution >= 0.6 is 0 Å². The minimum atomic E-state index is 0.321. The fraction of sp³-hybridized carbons (Fsp3) is 0.500. The maximum Gasteiger partial charge on any atom is 0.118 e. The molecule has 1 aromatic carbocycles. The fourth-order valence-corrected chi connectivity index (χ4v) is 2.03. The Labute approximate surface area is 85.1 Å². The third kappa shape index (κ3) is 1.75.